The van der Waals surface area contributed by atoms with E-state index >= 15 is 0 Å². The van der Waals surface area contributed by atoms with Crippen LogP contribution in [-0.4, -0.2) is 40.0 Å². The molecule has 0 aliphatic rings. The van der Waals surface area contributed by atoms with Crippen molar-refractivity contribution in [2.75, 3.05) is 18.9 Å². The second-order valence-corrected chi connectivity index (χ2v) is 4.23. The van der Waals surface area contributed by atoms with E-state index in [-0.39, 0.29) is 12.6 Å². The molecule has 0 spiro atoms. The van der Waals surface area contributed by atoms with Crippen molar-refractivity contribution >= 4 is 11.8 Å². The number of aromatic nitrogens is 2. The summed E-state index contributed by atoms with van der Waals surface area (Å²) in [5.41, 5.74) is 0. The lowest BCUT2D eigenvalue weighted by Crippen LogP contribution is -2.35. The summed E-state index contributed by atoms with van der Waals surface area (Å²) in [7, 11) is 0. The van der Waals surface area contributed by atoms with Crippen molar-refractivity contribution in [3.8, 4) is 0 Å². The first-order valence-corrected chi connectivity index (χ1v) is 6.08. The van der Waals surface area contributed by atoms with Crippen LogP contribution in [0, 0.1) is 0 Å². The van der Waals surface area contributed by atoms with Gasteiger partial charge in [0.15, 0.2) is 0 Å². The summed E-state index contributed by atoms with van der Waals surface area (Å²) in [6, 6.07) is 0.136. The lowest BCUT2D eigenvalue weighted by Gasteiger charge is -2.14. The van der Waals surface area contributed by atoms with Crippen LogP contribution in [0.3, 0.4) is 0 Å². The summed E-state index contributed by atoms with van der Waals surface area (Å²) in [5.74, 6) is 0.815. The van der Waals surface area contributed by atoms with Crippen molar-refractivity contribution in [1.82, 2.24) is 15.3 Å². The smallest absolute Gasteiger partial charge is 0.114 e. The summed E-state index contributed by atoms with van der Waals surface area (Å²) in [4.78, 5) is 8.14. The fourth-order valence-electron chi connectivity index (χ4n) is 1.07. The van der Waals surface area contributed by atoms with Crippen LogP contribution in [0.4, 0.5) is 0 Å². The zero-order chi connectivity index (χ0) is 10.9. The summed E-state index contributed by atoms with van der Waals surface area (Å²) < 4.78 is 0. The molecule has 0 fully saturated rings. The van der Waals surface area contributed by atoms with E-state index in [2.05, 4.69) is 22.2 Å². The number of nitrogens with one attached hydrogen (secondary N) is 1. The fourth-order valence-corrected chi connectivity index (χ4v) is 1.94. The van der Waals surface area contributed by atoms with E-state index in [1.54, 1.807) is 30.4 Å². The summed E-state index contributed by atoms with van der Waals surface area (Å²) in [6.07, 6.45) is 6.14. The van der Waals surface area contributed by atoms with E-state index in [1.807, 2.05) is 0 Å². The Balaban J connectivity index is 2.28. The lowest BCUT2D eigenvalue weighted by molar-refractivity contribution is 0.254. The van der Waals surface area contributed by atoms with Gasteiger partial charge in [-0.3, -0.25) is 4.98 Å². The average Bonchev–Trinajstić information content (AvgIpc) is 2.31. The third kappa shape index (κ3) is 5.11. The van der Waals surface area contributed by atoms with Crippen molar-refractivity contribution in [3.05, 3.63) is 18.6 Å². The maximum atomic E-state index is 9.12. The van der Waals surface area contributed by atoms with Gasteiger partial charge < -0.3 is 10.4 Å². The second-order valence-electron chi connectivity index (χ2n) is 3.19. The zero-order valence-corrected chi connectivity index (χ0v) is 9.70. The van der Waals surface area contributed by atoms with Crippen LogP contribution in [0.5, 0.6) is 0 Å². The van der Waals surface area contributed by atoms with E-state index in [0.29, 0.717) is 0 Å². The maximum Gasteiger partial charge on any atom is 0.114 e. The molecule has 0 aliphatic heterocycles. The van der Waals surface area contributed by atoms with Crippen LogP contribution in [0.25, 0.3) is 0 Å². The lowest BCUT2D eigenvalue weighted by atomic mass is 10.3. The van der Waals surface area contributed by atoms with E-state index in [4.69, 9.17) is 5.11 Å². The monoisotopic (exact) mass is 227 g/mol. The quantitative estimate of drug-likeness (QED) is 0.679. The van der Waals surface area contributed by atoms with Crippen LogP contribution in [0.15, 0.2) is 23.6 Å². The zero-order valence-electron chi connectivity index (χ0n) is 8.89. The maximum absolute atomic E-state index is 9.12. The highest BCUT2D eigenvalue weighted by molar-refractivity contribution is 7.99. The molecule has 0 saturated carbocycles. The highest BCUT2D eigenvalue weighted by Gasteiger charge is 2.06. The Morgan fingerprint density at radius 1 is 1.53 bits per heavy atom. The van der Waals surface area contributed by atoms with Gasteiger partial charge in [0.25, 0.3) is 0 Å². The van der Waals surface area contributed by atoms with Gasteiger partial charge in [0.2, 0.25) is 0 Å². The Bertz CT molecular complexity index is 258. The first-order valence-electron chi connectivity index (χ1n) is 5.10. The molecule has 0 aromatic carbocycles. The van der Waals surface area contributed by atoms with Gasteiger partial charge in [-0.25, -0.2) is 4.98 Å². The minimum Gasteiger partial charge on any atom is -0.395 e. The Morgan fingerprint density at radius 3 is 3.00 bits per heavy atom. The molecule has 5 heteroatoms. The van der Waals surface area contributed by atoms with Gasteiger partial charge in [-0.15, -0.1) is 11.8 Å². The topological polar surface area (TPSA) is 58.0 Å². The Labute approximate surface area is 94.5 Å². The summed E-state index contributed by atoms with van der Waals surface area (Å²) in [6.45, 7) is 3.21. The number of nitrogens with zero attached hydrogens (tertiary/aromatic N) is 2. The fraction of sp³-hybridized carbons (Fsp3) is 0.600. The molecule has 1 aromatic heterocycles. The van der Waals surface area contributed by atoms with E-state index in [0.717, 1.165) is 23.7 Å². The van der Waals surface area contributed by atoms with Gasteiger partial charge in [-0.05, 0) is 13.0 Å². The molecule has 0 radical (unpaired) electrons. The molecule has 84 valence electrons. The molecule has 1 rings (SSSR count). The van der Waals surface area contributed by atoms with Crippen molar-refractivity contribution in [2.45, 2.75) is 24.4 Å². The van der Waals surface area contributed by atoms with E-state index in [1.165, 1.54) is 0 Å². The van der Waals surface area contributed by atoms with Gasteiger partial charge in [0.05, 0.1) is 12.8 Å². The van der Waals surface area contributed by atoms with Crippen molar-refractivity contribution in [1.29, 1.82) is 0 Å². The number of aliphatic hydroxyl groups excluding tert-OH is 1. The Hall–Kier alpha value is -0.650. The SMILES string of the molecule is CCCNC(CO)CSc1cnccn1. The normalized spacial score (nSPS) is 12.7. The molecule has 1 unspecified atom stereocenters. The summed E-state index contributed by atoms with van der Waals surface area (Å²) >= 11 is 1.61. The second kappa shape index (κ2) is 7.62. The van der Waals surface area contributed by atoms with Crippen molar-refractivity contribution in [3.63, 3.8) is 0 Å². The molecule has 0 amide bonds. The number of aliphatic hydroxyl groups is 1. The molecule has 1 heterocycles. The highest BCUT2D eigenvalue weighted by atomic mass is 32.2. The Kier molecular flexibility index (Phi) is 6.31. The predicted molar refractivity (Wildman–Crippen MR) is 61.9 cm³/mol. The molecule has 1 aromatic rings. The van der Waals surface area contributed by atoms with Gasteiger partial charge in [-0.1, -0.05) is 6.92 Å². The molecule has 1 atom stereocenters. The minimum absolute atomic E-state index is 0.136. The van der Waals surface area contributed by atoms with Gasteiger partial charge in [0, 0.05) is 24.2 Å². The molecule has 0 saturated heterocycles. The number of thioether (sulfide) groups is 1. The standard InChI is InChI=1S/C10H17N3OS/c1-2-3-12-9(7-14)8-15-10-6-11-4-5-13-10/h4-6,9,12,14H,2-3,7-8H2,1H3. The average molecular weight is 227 g/mol. The van der Waals surface area contributed by atoms with Crippen molar-refractivity contribution < 1.29 is 5.11 Å². The molecule has 4 nitrogen and oxygen atoms in total. The number of rotatable bonds is 7. The molecule has 2 N–H and O–H groups in total. The van der Waals surface area contributed by atoms with Crippen LogP contribution in [-0.2, 0) is 0 Å². The van der Waals surface area contributed by atoms with Crippen LogP contribution in [0.1, 0.15) is 13.3 Å². The first-order chi connectivity index (χ1) is 7.36. The van der Waals surface area contributed by atoms with Crippen LogP contribution < -0.4 is 5.32 Å². The van der Waals surface area contributed by atoms with Gasteiger partial charge >= 0.3 is 0 Å². The number of hydrogen-bond acceptors (Lipinski definition) is 5. The molecular formula is C10H17N3OS. The van der Waals surface area contributed by atoms with Crippen LogP contribution >= 0.6 is 11.8 Å². The third-order valence-corrected chi connectivity index (χ3v) is 2.95. The molecule has 0 bridgehead atoms. The molecular weight excluding hydrogens is 210 g/mol. The molecule has 15 heavy (non-hydrogen) atoms. The van der Waals surface area contributed by atoms with E-state index < -0.39 is 0 Å². The highest BCUT2D eigenvalue weighted by Crippen LogP contribution is 2.13. The van der Waals surface area contributed by atoms with E-state index in [9.17, 15) is 0 Å². The first kappa shape index (κ1) is 12.4. The predicted octanol–water partition coefficient (Wildman–Crippen LogP) is 0.929. The largest absolute Gasteiger partial charge is 0.395 e. The third-order valence-electron chi connectivity index (χ3n) is 1.88. The van der Waals surface area contributed by atoms with Crippen LogP contribution in [0.2, 0.25) is 0 Å². The van der Waals surface area contributed by atoms with Gasteiger partial charge in [0.1, 0.15) is 5.03 Å². The van der Waals surface area contributed by atoms with Gasteiger partial charge in [-0.2, -0.15) is 0 Å². The molecule has 0 aliphatic carbocycles. The minimum atomic E-state index is 0.136. The van der Waals surface area contributed by atoms with Crippen molar-refractivity contribution in [2.24, 2.45) is 0 Å². The Morgan fingerprint density at radius 2 is 2.40 bits per heavy atom. The number of hydrogen-bond donors (Lipinski definition) is 2. The summed E-state index contributed by atoms with van der Waals surface area (Å²) in [5, 5.41) is 13.3.